The molecule has 5 nitrogen and oxygen atoms in total. The van der Waals surface area contributed by atoms with E-state index in [2.05, 4.69) is 10.3 Å². The predicted octanol–water partition coefficient (Wildman–Crippen LogP) is 1.82. The van der Waals surface area contributed by atoms with Gasteiger partial charge in [0.2, 0.25) is 5.88 Å². The number of nitrogens with one attached hydrogen (secondary N) is 1. The van der Waals surface area contributed by atoms with Crippen LogP contribution in [0.25, 0.3) is 0 Å². The van der Waals surface area contributed by atoms with Crippen LogP contribution in [0.5, 0.6) is 5.88 Å². The Hall–Kier alpha value is -2.53. The van der Waals surface area contributed by atoms with Crippen LogP contribution in [0.1, 0.15) is 6.92 Å². The van der Waals surface area contributed by atoms with Crippen molar-refractivity contribution in [1.29, 1.82) is 10.5 Å². The molecule has 0 aliphatic carbocycles. The second-order valence-electron chi connectivity index (χ2n) is 2.72. The standard InChI is InChI=1S/C11H10N4O/c1-2-16-11-5-3-4-10(15-11)14-8-9(6-12)7-13/h3-5,8H,2H2,1H3,(H,14,15). The number of allylic oxidation sites excluding steroid dienone is 1. The third-order valence-electron chi connectivity index (χ3n) is 1.62. The van der Waals surface area contributed by atoms with Crippen molar-refractivity contribution in [3.8, 4) is 18.0 Å². The van der Waals surface area contributed by atoms with Gasteiger partial charge in [0, 0.05) is 12.3 Å². The predicted molar refractivity (Wildman–Crippen MR) is 58.3 cm³/mol. The highest BCUT2D eigenvalue weighted by molar-refractivity contribution is 5.45. The number of ether oxygens (including phenoxy) is 1. The van der Waals surface area contributed by atoms with Gasteiger partial charge in [-0.2, -0.15) is 15.5 Å². The smallest absolute Gasteiger partial charge is 0.215 e. The van der Waals surface area contributed by atoms with Crippen LogP contribution < -0.4 is 10.1 Å². The Morgan fingerprint density at radius 2 is 2.25 bits per heavy atom. The summed E-state index contributed by atoms with van der Waals surface area (Å²) in [5, 5.41) is 19.8. The SMILES string of the molecule is CCOc1cccc(NC=C(C#N)C#N)n1. The minimum absolute atomic E-state index is 0.0105. The maximum Gasteiger partial charge on any atom is 0.215 e. The normalized spacial score (nSPS) is 8.44. The average Bonchev–Trinajstić information content (AvgIpc) is 2.31. The molecule has 16 heavy (non-hydrogen) atoms. The molecule has 1 rings (SSSR count). The topological polar surface area (TPSA) is 81.7 Å². The fraction of sp³-hybridized carbons (Fsp3) is 0.182. The highest BCUT2D eigenvalue weighted by Gasteiger charge is 1.97. The largest absolute Gasteiger partial charge is 0.478 e. The van der Waals surface area contributed by atoms with Crippen molar-refractivity contribution >= 4 is 5.82 Å². The zero-order valence-corrected chi connectivity index (χ0v) is 8.77. The Bertz CT molecular complexity index is 452. The van der Waals surface area contributed by atoms with Gasteiger partial charge in [-0.3, -0.25) is 0 Å². The third kappa shape index (κ3) is 3.32. The summed E-state index contributed by atoms with van der Waals surface area (Å²) in [5.41, 5.74) is -0.0105. The zero-order chi connectivity index (χ0) is 11.8. The van der Waals surface area contributed by atoms with Crippen molar-refractivity contribution < 1.29 is 4.74 Å². The lowest BCUT2D eigenvalue weighted by Crippen LogP contribution is -1.97. The lowest BCUT2D eigenvalue weighted by atomic mass is 10.3. The Balaban J connectivity index is 2.76. The molecule has 0 saturated carbocycles. The van der Waals surface area contributed by atoms with Crippen molar-refractivity contribution in [2.45, 2.75) is 6.92 Å². The number of nitrogens with zero attached hydrogens (tertiary/aromatic N) is 3. The van der Waals surface area contributed by atoms with Gasteiger partial charge >= 0.3 is 0 Å². The van der Waals surface area contributed by atoms with E-state index in [9.17, 15) is 0 Å². The lowest BCUT2D eigenvalue weighted by molar-refractivity contribution is 0.327. The highest BCUT2D eigenvalue weighted by Crippen LogP contribution is 2.11. The van der Waals surface area contributed by atoms with Crippen LogP contribution in [0.4, 0.5) is 5.82 Å². The number of pyridine rings is 1. The van der Waals surface area contributed by atoms with Crippen LogP contribution in [0.15, 0.2) is 30.0 Å². The summed E-state index contributed by atoms with van der Waals surface area (Å²) >= 11 is 0. The number of nitriles is 2. The van der Waals surface area contributed by atoms with Gasteiger partial charge in [-0.15, -0.1) is 0 Å². The van der Waals surface area contributed by atoms with E-state index in [0.717, 1.165) is 0 Å². The van der Waals surface area contributed by atoms with Crippen LogP contribution in [0, 0.1) is 22.7 Å². The molecule has 80 valence electrons. The number of hydrogen-bond acceptors (Lipinski definition) is 5. The van der Waals surface area contributed by atoms with Crippen LogP contribution in [-0.4, -0.2) is 11.6 Å². The van der Waals surface area contributed by atoms with Crippen molar-refractivity contribution in [1.82, 2.24) is 4.98 Å². The molecule has 0 fully saturated rings. The first-order valence-electron chi connectivity index (χ1n) is 4.67. The fourth-order valence-electron chi connectivity index (χ4n) is 0.959. The van der Waals surface area contributed by atoms with E-state index in [4.69, 9.17) is 15.3 Å². The third-order valence-corrected chi connectivity index (χ3v) is 1.62. The van der Waals surface area contributed by atoms with E-state index in [-0.39, 0.29) is 5.57 Å². The number of rotatable bonds is 4. The molecule has 0 unspecified atom stereocenters. The lowest BCUT2D eigenvalue weighted by Gasteiger charge is -2.03. The van der Waals surface area contributed by atoms with Gasteiger partial charge in [-0.1, -0.05) is 6.07 Å². The van der Waals surface area contributed by atoms with Gasteiger partial charge in [-0.25, -0.2) is 0 Å². The average molecular weight is 214 g/mol. The maximum atomic E-state index is 8.52. The monoisotopic (exact) mass is 214 g/mol. The van der Waals surface area contributed by atoms with E-state index in [1.54, 1.807) is 30.3 Å². The van der Waals surface area contributed by atoms with Crippen LogP contribution >= 0.6 is 0 Å². The molecule has 1 aromatic heterocycles. The van der Waals surface area contributed by atoms with Crippen molar-refractivity contribution in [3.05, 3.63) is 30.0 Å². The van der Waals surface area contributed by atoms with Gasteiger partial charge in [-0.05, 0) is 13.0 Å². The van der Waals surface area contributed by atoms with E-state index in [1.807, 2.05) is 6.92 Å². The molecule has 0 saturated heterocycles. The zero-order valence-electron chi connectivity index (χ0n) is 8.77. The van der Waals surface area contributed by atoms with Crippen molar-refractivity contribution in [2.75, 3.05) is 11.9 Å². The molecule has 0 aromatic carbocycles. The first kappa shape index (κ1) is 11.5. The quantitative estimate of drug-likeness (QED) is 0.773. The number of hydrogen-bond donors (Lipinski definition) is 1. The van der Waals surface area contributed by atoms with Crippen molar-refractivity contribution in [3.63, 3.8) is 0 Å². The fourth-order valence-corrected chi connectivity index (χ4v) is 0.959. The molecule has 5 heteroatoms. The Kier molecular flexibility index (Phi) is 4.36. The van der Waals surface area contributed by atoms with Gasteiger partial charge in [0.1, 0.15) is 23.5 Å². The maximum absolute atomic E-state index is 8.52. The highest BCUT2D eigenvalue weighted by atomic mass is 16.5. The van der Waals surface area contributed by atoms with Gasteiger partial charge in [0.05, 0.1) is 6.61 Å². The van der Waals surface area contributed by atoms with Crippen molar-refractivity contribution in [2.24, 2.45) is 0 Å². The van der Waals surface area contributed by atoms with Gasteiger partial charge in [0.15, 0.2) is 0 Å². The van der Waals surface area contributed by atoms with E-state index < -0.39 is 0 Å². The minimum Gasteiger partial charge on any atom is -0.478 e. The number of anilines is 1. The minimum atomic E-state index is -0.0105. The van der Waals surface area contributed by atoms with Crippen LogP contribution in [0.3, 0.4) is 0 Å². The Morgan fingerprint density at radius 3 is 2.88 bits per heavy atom. The second kappa shape index (κ2) is 6.05. The van der Waals surface area contributed by atoms with Gasteiger partial charge in [0.25, 0.3) is 0 Å². The Morgan fingerprint density at radius 1 is 1.50 bits per heavy atom. The summed E-state index contributed by atoms with van der Waals surface area (Å²) in [6.07, 6.45) is 1.30. The summed E-state index contributed by atoms with van der Waals surface area (Å²) in [6.45, 7) is 2.40. The molecular weight excluding hydrogens is 204 g/mol. The number of aromatic nitrogens is 1. The van der Waals surface area contributed by atoms with Gasteiger partial charge < -0.3 is 10.1 Å². The van der Waals surface area contributed by atoms with E-state index in [0.29, 0.717) is 18.3 Å². The van der Waals surface area contributed by atoms with E-state index in [1.165, 1.54) is 6.20 Å². The summed E-state index contributed by atoms with van der Waals surface area (Å²) in [6, 6.07) is 8.69. The van der Waals surface area contributed by atoms with E-state index >= 15 is 0 Å². The van der Waals surface area contributed by atoms with Crippen LogP contribution in [-0.2, 0) is 0 Å². The molecular formula is C11H10N4O. The van der Waals surface area contributed by atoms with Crippen LogP contribution in [0.2, 0.25) is 0 Å². The molecule has 0 bridgehead atoms. The molecule has 0 radical (unpaired) electrons. The molecule has 1 N–H and O–H groups in total. The molecule has 0 amide bonds. The Labute approximate surface area is 93.6 Å². The molecule has 0 atom stereocenters. The first-order chi connectivity index (χ1) is 7.80. The second-order valence-corrected chi connectivity index (χ2v) is 2.72. The molecule has 0 aliphatic rings. The first-order valence-corrected chi connectivity index (χ1v) is 4.67. The molecule has 0 spiro atoms. The molecule has 1 heterocycles. The molecule has 0 aliphatic heterocycles. The molecule has 1 aromatic rings. The summed E-state index contributed by atoms with van der Waals surface area (Å²) in [7, 11) is 0. The summed E-state index contributed by atoms with van der Waals surface area (Å²) in [4.78, 5) is 4.11. The summed E-state index contributed by atoms with van der Waals surface area (Å²) < 4.78 is 5.20. The summed E-state index contributed by atoms with van der Waals surface area (Å²) in [5.74, 6) is 1.02.